The number of hydrogen-bond donors (Lipinski definition) is 4. The summed E-state index contributed by atoms with van der Waals surface area (Å²) < 4.78 is 0. The van der Waals surface area contributed by atoms with E-state index in [4.69, 9.17) is 11.6 Å². The summed E-state index contributed by atoms with van der Waals surface area (Å²) in [5.41, 5.74) is 0.615. The molecule has 5 nitrogen and oxygen atoms in total. The van der Waals surface area contributed by atoms with E-state index in [1.165, 1.54) is 0 Å². The van der Waals surface area contributed by atoms with Gasteiger partial charge in [-0.25, -0.2) is 0 Å². The molecule has 0 unspecified atom stereocenters. The lowest BCUT2D eigenvalue weighted by atomic mass is 9.74. The molecule has 1 aliphatic rings. The Morgan fingerprint density at radius 1 is 1.33 bits per heavy atom. The van der Waals surface area contributed by atoms with Gasteiger partial charge in [0.2, 0.25) is 0 Å². The lowest BCUT2D eigenvalue weighted by Crippen LogP contribution is -2.50. The lowest BCUT2D eigenvalue weighted by molar-refractivity contribution is 0.0937. The molecule has 0 radical (unpaired) electrons. The van der Waals surface area contributed by atoms with Gasteiger partial charge in [-0.1, -0.05) is 32.0 Å². The molecule has 0 saturated heterocycles. The monoisotopic (exact) mass is 350 g/mol. The Hall–Kier alpha value is -1.50. The van der Waals surface area contributed by atoms with Gasteiger partial charge in [-0.2, -0.15) is 0 Å². The summed E-state index contributed by atoms with van der Waals surface area (Å²) >= 11 is 5.84. The number of amides is 1. The van der Waals surface area contributed by atoms with E-state index in [0.29, 0.717) is 28.6 Å². The number of carbonyl (C=O) groups is 1. The first-order valence-corrected chi connectivity index (χ1v) is 8.51. The zero-order chi connectivity index (χ0) is 17.9. The zero-order valence-electron chi connectivity index (χ0n) is 14.1. The highest BCUT2D eigenvalue weighted by Crippen LogP contribution is 2.41. The number of rotatable bonds is 8. The maximum Gasteiger partial charge on any atom is 0.475 e. The van der Waals surface area contributed by atoms with Crippen molar-refractivity contribution in [3.8, 4) is 0 Å². The van der Waals surface area contributed by atoms with E-state index in [0.717, 1.165) is 12.8 Å². The van der Waals surface area contributed by atoms with E-state index < -0.39 is 18.6 Å². The Labute approximate surface area is 148 Å². The van der Waals surface area contributed by atoms with Gasteiger partial charge in [-0.3, -0.25) is 4.79 Å². The molecule has 0 heterocycles. The molecule has 1 aromatic carbocycles. The predicted octanol–water partition coefficient (Wildman–Crippen LogP) is 2.13. The first-order valence-electron chi connectivity index (χ1n) is 8.13. The van der Waals surface area contributed by atoms with Crippen LogP contribution < -0.4 is 10.6 Å². The van der Waals surface area contributed by atoms with Crippen LogP contribution in [-0.4, -0.2) is 34.6 Å². The fourth-order valence-electron chi connectivity index (χ4n) is 2.64. The highest BCUT2D eigenvalue weighted by atomic mass is 35.5. The second-order valence-corrected chi connectivity index (χ2v) is 7.25. The first kappa shape index (κ1) is 18.8. The van der Waals surface area contributed by atoms with Gasteiger partial charge in [0.1, 0.15) is 0 Å². The second-order valence-electron chi connectivity index (χ2n) is 6.82. The standard InChI is InChI=1S/C17H24BClN2O3/c1-11(2)10-15(18(23)24)20-12(3)17(8-9-17)21-16(22)13-4-6-14(19)7-5-13/h4-7,11,15,20,23-24H,3,8-10H2,1-2H3,(H,21,22)/t15-/m0/s1. The van der Waals surface area contributed by atoms with Gasteiger partial charge in [-0.05, 0) is 49.4 Å². The van der Waals surface area contributed by atoms with E-state index in [2.05, 4.69) is 17.2 Å². The van der Waals surface area contributed by atoms with Crippen LogP contribution in [0.4, 0.5) is 0 Å². The summed E-state index contributed by atoms with van der Waals surface area (Å²) in [5, 5.41) is 25.7. The SMILES string of the molecule is C=C(N[C@@H](CC(C)C)B(O)O)C1(NC(=O)c2ccc(Cl)cc2)CC1. The molecule has 1 aliphatic carbocycles. The largest absolute Gasteiger partial charge is 0.475 e. The van der Waals surface area contributed by atoms with Crippen LogP contribution in [0.15, 0.2) is 36.5 Å². The van der Waals surface area contributed by atoms with Crippen LogP contribution in [0.3, 0.4) is 0 Å². The van der Waals surface area contributed by atoms with Crippen LogP contribution in [0.2, 0.25) is 5.02 Å². The molecule has 1 aromatic rings. The quantitative estimate of drug-likeness (QED) is 0.541. The third-order valence-corrected chi connectivity index (χ3v) is 4.48. The van der Waals surface area contributed by atoms with Crippen LogP contribution in [0.1, 0.15) is 43.5 Å². The Kier molecular flexibility index (Phi) is 5.96. The summed E-state index contributed by atoms with van der Waals surface area (Å²) in [4.78, 5) is 12.4. The van der Waals surface area contributed by atoms with Crippen molar-refractivity contribution in [2.75, 3.05) is 0 Å². The zero-order valence-corrected chi connectivity index (χ0v) is 14.8. The minimum atomic E-state index is -1.48. The normalized spacial score (nSPS) is 16.4. The van der Waals surface area contributed by atoms with E-state index in [1.54, 1.807) is 24.3 Å². The number of carbonyl (C=O) groups excluding carboxylic acids is 1. The third kappa shape index (κ3) is 4.75. The highest BCUT2D eigenvalue weighted by molar-refractivity contribution is 6.43. The van der Waals surface area contributed by atoms with Crippen molar-refractivity contribution in [1.82, 2.24) is 10.6 Å². The van der Waals surface area contributed by atoms with Crippen molar-refractivity contribution in [2.45, 2.75) is 44.6 Å². The van der Waals surface area contributed by atoms with Gasteiger partial charge in [0.15, 0.2) is 0 Å². The molecule has 1 atom stereocenters. The van der Waals surface area contributed by atoms with Crippen molar-refractivity contribution in [3.05, 3.63) is 47.1 Å². The van der Waals surface area contributed by atoms with Gasteiger partial charge >= 0.3 is 7.12 Å². The van der Waals surface area contributed by atoms with Gasteiger partial charge in [0.05, 0.1) is 11.5 Å². The van der Waals surface area contributed by atoms with Crippen molar-refractivity contribution in [3.63, 3.8) is 0 Å². The predicted molar refractivity (Wildman–Crippen MR) is 96.6 cm³/mol. The Morgan fingerprint density at radius 3 is 2.38 bits per heavy atom. The third-order valence-electron chi connectivity index (χ3n) is 4.23. The van der Waals surface area contributed by atoms with E-state index in [1.807, 2.05) is 13.8 Å². The first-order chi connectivity index (χ1) is 11.2. The van der Waals surface area contributed by atoms with Gasteiger partial charge in [0.25, 0.3) is 5.91 Å². The van der Waals surface area contributed by atoms with Crippen LogP contribution in [0.5, 0.6) is 0 Å². The molecule has 0 bridgehead atoms. The minimum absolute atomic E-state index is 0.197. The Morgan fingerprint density at radius 2 is 1.92 bits per heavy atom. The van der Waals surface area contributed by atoms with E-state index in [9.17, 15) is 14.8 Å². The minimum Gasteiger partial charge on any atom is -0.426 e. The van der Waals surface area contributed by atoms with Crippen molar-refractivity contribution in [2.24, 2.45) is 5.92 Å². The molecule has 0 aromatic heterocycles. The van der Waals surface area contributed by atoms with Gasteiger partial charge in [-0.15, -0.1) is 0 Å². The van der Waals surface area contributed by atoms with Gasteiger partial charge in [0, 0.05) is 16.3 Å². The molecule has 7 heteroatoms. The summed E-state index contributed by atoms with van der Waals surface area (Å²) in [5.74, 6) is -0.407. The van der Waals surface area contributed by atoms with E-state index >= 15 is 0 Å². The van der Waals surface area contributed by atoms with E-state index in [-0.39, 0.29) is 5.91 Å². The maximum atomic E-state index is 12.4. The Bertz CT molecular complexity index is 600. The summed E-state index contributed by atoms with van der Waals surface area (Å²) in [6, 6.07) is 6.68. The molecule has 0 aliphatic heterocycles. The van der Waals surface area contributed by atoms with Gasteiger partial charge < -0.3 is 20.7 Å². The molecule has 4 N–H and O–H groups in total. The topological polar surface area (TPSA) is 81.6 Å². The van der Waals surface area contributed by atoms with Crippen molar-refractivity contribution >= 4 is 24.6 Å². The second kappa shape index (κ2) is 7.59. The van der Waals surface area contributed by atoms with Crippen LogP contribution in [-0.2, 0) is 0 Å². The molecule has 130 valence electrons. The molecule has 1 fully saturated rings. The number of nitrogens with one attached hydrogen (secondary N) is 2. The fraction of sp³-hybridized carbons (Fsp3) is 0.471. The smallest absolute Gasteiger partial charge is 0.426 e. The number of halogens is 1. The molecule has 24 heavy (non-hydrogen) atoms. The molecule has 1 amide bonds. The molecule has 2 rings (SSSR count). The van der Waals surface area contributed by atoms with Crippen LogP contribution in [0.25, 0.3) is 0 Å². The van der Waals surface area contributed by atoms with Crippen molar-refractivity contribution in [1.29, 1.82) is 0 Å². The molecule has 0 spiro atoms. The van der Waals surface area contributed by atoms with Crippen LogP contribution in [0, 0.1) is 5.92 Å². The lowest BCUT2D eigenvalue weighted by Gasteiger charge is -2.27. The number of benzene rings is 1. The van der Waals surface area contributed by atoms with Crippen LogP contribution >= 0.6 is 11.6 Å². The average molecular weight is 351 g/mol. The molecular weight excluding hydrogens is 326 g/mol. The highest BCUT2D eigenvalue weighted by Gasteiger charge is 2.48. The maximum absolute atomic E-state index is 12.4. The summed E-state index contributed by atoms with van der Waals surface area (Å²) in [7, 11) is -1.48. The molecular formula is C17H24BClN2O3. The Balaban J connectivity index is 2.00. The average Bonchev–Trinajstić information content (AvgIpc) is 3.27. The van der Waals surface area contributed by atoms with Crippen molar-refractivity contribution < 1.29 is 14.8 Å². The molecule has 1 saturated carbocycles. The summed E-state index contributed by atoms with van der Waals surface area (Å²) in [6.45, 7) is 8.03. The number of hydrogen-bond acceptors (Lipinski definition) is 4. The summed E-state index contributed by atoms with van der Waals surface area (Å²) in [6.07, 6.45) is 2.14. The fourth-order valence-corrected chi connectivity index (χ4v) is 2.77.